The fourth-order valence-corrected chi connectivity index (χ4v) is 2.14. The summed E-state index contributed by atoms with van der Waals surface area (Å²) in [6.07, 6.45) is 2.13. The Labute approximate surface area is 124 Å². The molecule has 1 N–H and O–H groups in total. The first kappa shape index (κ1) is 14.9. The molecule has 21 heavy (non-hydrogen) atoms. The van der Waals surface area contributed by atoms with E-state index in [2.05, 4.69) is 26.0 Å². The van der Waals surface area contributed by atoms with Crippen LogP contribution >= 0.6 is 0 Å². The van der Waals surface area contributed by atoms with Crippen molar-refractivity contribution in [3.63, 3.8) is 0 Å². The van der Waals surface area contributed by atoms with Crippen LogP contribution in [0.4, 0.5) is 0 Å². The van der Waals surface area contributed by atoms with Gasteiger partial charge in [0.25, 0.3) is 0 Å². The SMILES string of the molecule is CC(C)(c1ccccc1)c1ccc(OC=CC(=O)O)cc1. The molecule has 0 aromatic heterocycles. The van der Waals surface area contributed by atoms with Gasteiger partial charge in [0.05, 0.1) is 12.3 Å². The number of benzene rings is 2. The lowest BCUT2D eigenvalue weighted by Gasteiger charge is -2.26. The molecule has 0 saturated heterocycles. The van der Waals surface area contributed by atoms with E-state index in [1.165, 1.54) is 17.4 Å². The Morgan fingerprint density at radius 1 is 1.00 bits per heavy atom. The lowest BCUT2D eigenvalue weighted by atomic mass is 9.78. The number of carboxylic acids is 1. The van der Waals surface area contributed by atoms with Gasteiger partial charge in [0.15, 0.2) is 0 Å². The summed E-state index contributed by atoms with van der Waals surface area (Å²) in [5.74, 6) is -0.419. The molecule has 2 rings (SSSR count). The van der Waals surface area contributed by atoms with Gasteiger partial charge in [0.1, 0.15) is 5.75 Å². The summed E-state index contributed by atoms with van der Waals surface area (Å²) in [5, 5.41) is 8.50. The third-order valence-electron chi connectivity index (χ3n) is 3.49. The first-order valence-electron chi connectivity index (χ1n) is 6.72. The maximum atomic E-state index is 10.4. The van der Waals surface area contributed by atoms with Crippen molar-refractivity contribution >= 4 is 5.97 Å². The molecule has 108 valence electrons. The minimum atomic E-state index is -1.03. The van der Waals surface area contributed by atoms with Gasteiger partial charge in [-0.1, -0.05) is 56.3 Å². The number of rotatable bonds is 5. The molecule has 0 aliphatic heterocycles. The molecule has 0 bridgehead atoms. The number of hydrogen-bond acceptors (Lipinski definition) is 2. The van der Waals surface area contributed by atoms with Crippen molar-refractivity contribution in [2.75, 3.05) is 0 Å². The molecule has 0 heterocycles. The Balaban J connectivity index is 2.17. The van der Waals surface area contributed by atoms with Crippen LogP contribution in [0.15, 0.2) is 66.9 Å². The highest BCUT2D eigenvalue weighted by atomic mass is 16.5. The van der Waals surface area contributed by atoms with Crippen LogP contribution in [0.5, 0.6) is 5.75 Å². The molecule has 0 fully saturated rings. The van der Waals surface area contributed by atoms with Gasteiger partial charge in [-0.15, -0.1) is 0 Å². The van der Waals surface area contributed by atoms with Crippen molar-refractivity contribution in [3.05, 3.63) is 78.1 Å². The second-order valence-electron chi connectivity index (χ2n) is 5.27. The van der Waals surface area contributed by atoms with Crippen molar-refractivity contribution in [2.24, 2.45) is 0 Å². The standard InChI is InChI=1S/C18H18O3/c1-18(2,14-6-4-3-5-7-14)15-8-10-16(11-9-15)21-13-12-17(19)20/h3-13H,1-2H3,(H,19,20). The van der Waals surface area contributed by atoms with Gasteiger partial charge in [0.2, 0.25) is 0 Å². The zero-order chi connectivity index (χ0) is 15.3. The van der Waals surface area contributed by atoms with Crippen LogP contribution in [0.1, 0.15) is 25.0 Å². The van der Waals surface area contributed by atoms with Crippen molar-refractivity contribution in [1.29, 1.82) is 0 Å². The largest absolute Gasteiger partial charge is 0.478 e. The van der Waals surface area contributed by atoms with Crippen molar-refractivity contribution in [2.45, 2.75) is 19.3 Å². The molecule has 0 amide bonds. The minimum Gasteiger partial charge on any atom is -0.478 e. The molecule has 2 aromatic rings. The van der Waals surface area contributed by atoms with Crippen LogP contribution < -0.4 is 4.74 Å². The summed E-state index contributed by atoms with van der Waals surface area (Å²) in [6.45, 7) is 4.34. The van der Waals surface area contributed by atoms with Crippen LogP contribution in [0, 0.1) is 0 Å². The molecular weight excluding hydrogens is 264 g/mol. The van der Waals surface area contributed by atoms with Crippen molar-refractivity contribution < 1.29 is 14.6 Å². The Kier molecular flexibility index (Phi) is 4.43. The van der Waals surface area contributed by atoms with Gasteiger partial charge in [0, 0.05) is 5.41 Å². The molecule has 0 aliphatic carbocycles. The number of carbonyl (C=O) groups is 1. The highest BCUT2D eigenvalue weighted by Crippen LogP contribution is 2.32. The molecule has 3 heteroatoms. The van der Waals surface area contributed by atoms with E-state index < -0.39 is 5.97 Å². The second kappa shape index (κ2) is 6.27. The lowest BCUT2D eigenvalue weighted by molar-refractivity contribution is -0.131. The topological polar surface area (TPSA) is 46.5 Å². The van der Waals surface area contributed by atoms with Gasteiger partial charge in [-0.3, -0.25) is 0 Å². The summed E-state index contributed by atoms with van der Waals surface area (Å²) in [5.41, 5.74) is 2.31. The fourth-order valence-electron chi connectivity index (χ4n) is 2.14. The van der Waals surface area contributed by atoms with E-state index in [0.29, 0.717) is 5.75 Å². The van der Waals surface area contributed by atoms with E-state index in [0.717, 1.165) is 6.08 Å². The van der Waals surface area contributed by atoms with Gasteiger partial charge >= 0.3 is 5.97 Å². The predicted octanol–water partition coefficient (Wildman–Crippen LogP) is 3.99. The van der Waals surface area contributed by atoms with E-state index in [-0.39, 0.29) is 5.41 Å². The number of hydrogen-bond donors (Lipinski definition) is 1. The van der Waals surface area contributed by atoms with Gasteiger partial charge in [-0.05, 0) is 23.3 Å². The zero-order valence-electron chi connectivity index (χ0n) is 12.1. The Morgan fingerprint density at radius 2 is 1.57 bits per heavy atom. The molecular formula is C18H18O3. The number of aliphatic carboxylic acids is 1. The summed E-state index contributed by atoms with van der Waals surface area (Å²) >= 11 is 0. The summed E-state index contributed by atoms with van der Waals surface area (Å²) in [7, 11) is 0. The smallest absolute Gasteiger partial charge is 0.331 e. The highest BCUT2D eigenvalue weighted by molar-refractivity contribution is 5.79. The van der Waals surface area contributed by atoms with Crippen molar-refractivity contribution in [1.82, 2.24) is 0 Å². The van der Waals surface area contributed by atoms with Crippen LogP contribution in [-0.2, 0) is 10.2 Å². The van der Waals surface area contributed by atoms with Gasteiger partial charge in [-0.25, -0.2) is 4.79 Å². The van der Waals surface area contributed by atoms with E-state index in [9.17, 15) is 4.79 Å². The maximum Gasteiger partial charge on any atom is 0.331 e. The molecule has 0 aliphatic rings. The first-order chi connectivity index (χ1) is 10.00. The minimum absolute atomic E-state index is 0.101. The predicted molar refractivity (Wildman–Crippen MR) is 82.4 cm³/mol. The summed E-state index contributed by atoms with van der Waals surface area (Å²) in [4.78, 5) is 10.4. The molecule has 0 radical (unpaired) electrons. The zero-order valence-corrected chi connectivity index (χ0v) is 12.1. The molecule has 0 spiro atoms. The maximum absolute atomic E-state index is 10.4. The molecule has 0 unspecified atom stereocenters. The normalized spacial score (nSPS) is 11.5. The van der Waals surface area contributed by atoms with E-state index >= 15 is 0 Å². The molecule has 0 saturated carbocycles. The Hall–Kier alpha value is -2.55. The van der Waals surface area contributed by atoms with Crippen LogP contribution in [0.3, 0.4) is 0 Å². The summed E-state index contributed by atoms with van der Waals surface area (Å²) < 4.78 is 5.23. The van der Waals surface area contributed by atoms with E-state index in [4.69, 9.17) is 9.84 Å². The number of ether oxygens (including phenoxy) is 1. The Bertz CT molecular complexity index is 625. The Morgan fingerprint density at radius 3 is 2.14 bits per heavy atom. The van der Waals surface area contributed by atoms with Gasteiger partial charge < -0.3 is 9.84 Å². The quantitative estimate of drug-likeness (QED) is 0.666. The number of carboxylic acid groups (broad SMARTS) is 1. The fraction of sp³-hybridized carbons (Fsp3) is 0.167. The molecule has 3 nitrogen and oxygen atoms in total. The molecule has 2 aromatic carbocycles. The van der Waals surface area contributed by atoms with Gasteiger partial charge in [-0.2, -0.15) is 0 Å². The summed E-state index contributed by atoms with van der Waals surface area (Å²) in [6, 6.07) is 18.0. The average Bonchev–Trinajstić information content (AvgIpc) is 2.48. The van der Waals surface area contributed by atoms with Crippen LogP contribution in [0.2, 0.25) is 0 Å². The third-order valence-corrected chi connectivity index (χ3v) is 3.49. The monoisotopic (exact) mass is 282 g/mol. The molecule has 0 atom stereocenters. The average molecular weight is 282 g/mol. The van der Waals surface area contributed by atoms with Crippen LogP contribution in [0.25, 0.3) is 0 Å². The van der Waals surface area contributed by atoms with Crippen LogP contribution in [-0.4, -0.2) is 11.1 Å². The lowest BCUT2D eigenvalue weighted by Crippen LogP contribution is -2.18. The first-order valence-corrected chi connectivity index (χ1v) is 6.72. The van der Waals surface area contributed by atoms with E-state index in [1.54, 1.807) is 0 Å². The van der Waals surface area contributed by atoms with E-state index in [1.807, 2.05) is 42.5 Å². The highest BCUT2D eigenvalue weighted by Gasteiger charge is 2.22. The van der Waals surface area contributed by atoms with Crippen molar-refractivity contribution in [3.8, 4) is 5.75 Å². The second-order valence-corrected chi connectivity index (χ2v) is 5.27. The third kappa shape index (κ3) is 3.72.